The summed E-state index contributed by atoms with van der Waals surface area (Å²) in [6.07, 6.45) is 0. The molecule has 24 heavy (non-hydrogen) atoms. The van der Waals surface area contributed by atoms with E-state index in [0.717, 1.165) is 10.2 Å². The van der Waals surface area contributed by atoms with E-state index in [2.05, 4.69) is 15.2 Å². The number of hydrogen-bond acceptors (Lipinski definition) is 7. The predicted octanol–water partition coefficient (Wildman–Crippen LogP) is 2.80. The smallest absolute Gasteiger partial charge is 0.388 e. The van der Waals surface area contributed by atoms with E-state index in [4.69, 9.17) is 8.94 Å². The van der Waals surface area contributed by atoms with Crippen LogP contribution in [0.3, 0.4) is 0 Å². The Morgan fingerprint density at radius 3 is 2.75 bits per heavy atom. The van der Waals surface area contributed by atoms with Crippen molar-refractivity contribution in [3.63, 3.8) is 0 Å². The molecule has 120 valence electrons. The second-order valence-corrected chi connectivity index (χ2v) is 5.64. The Morgan fingerprint density at radius 2 is 2.00 bits per heavy atom. The van der Waals surface area contributed by atoms with Gasteiger partial charge in [0.15, 0.2) is 0 Å². The third-order valence-electron chi connectivity index (χ3n) is 3.23. The molecule has 0 aliphatic rings. The zero-order chi connectivity index (χ0) is 16.5. The van der Waals surface area contributed by atoms with Gasteiger partial charge in [-0.1, -0.05) is 5.16 Å². The van der Waals surface area contributed by atoms with E-state index in [-0.39, 0.29) is 24.1 Å². The molecule has 0 bridgehead atoms. The van der Waals surface area contributed by atoms with E-state index in [1.54, 1.807) is 0 Å². The minimum atomic E-state index is -0.662. The third kappa shape index (κ3) is 2.76. The number of nitrogens with zero attached hydrogens (tertiary/aromatic N) is 4. The molecule has 3 heterocycles. The maximum Gasteiger partial charge on any atom is 0.437 e. The van der Waals surface area contributed by atoms with Crippen molar-refractivity contribution in [2.24, 2.45) is 0 Å². The minimum absolute atomic E-state index is 0.0132. The lowest BCUT2D eigenvalue weighted by atomic mass is 10.2. The van der Waals surface area contributed by atoms with Crippen molar-refractivity contribution in [3.8, 4) is 22.8 Å². The lowest BCUT2D eigenvalue weighted by molar-refractivity contribution is 0.360. The Hall–Kier alpha value is -3.07. The second-order valence-electron chi connectivity index (χ2n) is 4.86. The molecule has 0 aliphatic carbocycles. The first-order chi connectivity index (χ1) is 11.7. The Bertz CT molecular complexity index is 1020. The van der Waals surface area contributed by atoms with Crippen LogP contribution in [0.1, 0.15) is 5.89 Å². The molecule has 0 amide bonds. The van der Waals surface area contributed by atoms with E-state index in [0.29, 0.717) is 11.4 Å². The highest BCUT2D eigenvalue weighted by atomic mass is 32.1. The monoisotopic (exact) mass is 344 g/mol. The van der Waals surface area contributed by atoms with E-state index in [1.165, 1.54) is 35.6 Å². The van der Waals surface area contributed by atoms with E-state index in [9.17, 15) is 9.18 Å². The first-order valence-corrected chi connectivity index (χ1v) is 7.82. The normalized spacial score (nSPS) is 11.0. The van der Waals surface area contributed by atoms with Crippen molar-refractivity contribution < 1.29 is 13.3 Å². The maximum atomic E-state index is 12.9. The molecule has 1 aromatic carbocycles. The molecular weight excluding hydrogens is 335 g/mol. The number of aromatic nitrogens is 4. The molecule has 0 radical (unpaired) electrons. The van der Waals surface area contributed by atoms with Crippen LogP contribution >= 0.6 is 11.3 Å². The summed E-state index contributed by atoms with van der Waals surface area (Å²) in [6.45, 7) is -0.0132. The van der Waals surface area contributed by atoms with Crippen LogP contribution < -0.4 is 5.76 Å². The molecule has 9 heteroatoms. The Balaban J connectivity index is 1.59. The number of thiophene rings is 1. The highest BCUT2D eigenvalue weighted by Gasteiger charge is 2.15. The van der Waals surface area contributed by atoms with Gasteiger partial charge in [-0.05, 0) is 35.7 Å². The number of rotatable bonds is 4. The molecule has 0 N–H and O–H groups in total. The van der Waals surface area contributed by atoms with Gasteiger partial charge in [-0.25, -0.2) is 9.18 Å². The molecule has 0 unspecified atom stereocenters. The first kappa shape index (κ1) is 14.5. The first-order valence-electron chi connectivity index (χ1n) is 6.88. The van der Waals surface area contributed by atoms with Crippen molar-refractivity contribution in [1.29, 1.82) is 0 Å². The molecule has 0 atom stereocenters. The Kier molecular flexibility index (Phi) is 3.54. The fourth-order valence-electron chi connectivity index (χ4n) is 2.07. The SMILES string of the molecule is O=c1oc(-c2ccc(F)cc2)nn1Cc1nc(-c2ccsc2)no1. The highest BCUT2D eigenvalue weighted by molar-refractivity contribution is 7.08. The summed E-state index contributed by atoms with van der Waals surface area (Å²) in [6, 6.07) is 7.35. The largest absolute Gasteiger partial charge is 0.437 e. The number of hydrogen-bond donors (Lipinski definition) is 0. The van der Waals surface area contributed by atoms with Crippen LogP contribution in [-0.2, 0) is 6.54 Å². The third-order valence-corrected chi connectivity index (χ3v) is 3.91. The average molecular weight is 344 g/mol. The minimum Gasteiger partial charge on any atom is -0.388 e. The molecule has 0 saturated heterocycles. The van der Waals surface area contributed by atoms with Crippen molar-refractivity contribution in [2.75, 3.05) is 0 Å². The maximum absolute atomic E-state index is 12.9. The van der Waals surface area contributed by atoms with Gasteiger partial charge in [-0.3, -0.25) is 0 Å². The van der Waals surface area contributed by atoms with Gasteiger partial charge in [-0.2, -0.15) is 21.0 Å². The van der Waals surface area contributed by atoms with E-state index >= 15 is 0 Å². The fraction of sp³-hybridized carbons (Fsp3) is 0.0667. The summed E-state index contributed by atoms with van der Waals surface area (Å²) in [5.74, 6) is -0.270. The fourth-order valence-corrected chi connectivity index (χ4v) is 2.71. The molecule has 7 nitrogen and oxygen atoms in total. The molecule has 4 rings (SSSR count). The standard InChI is InChI=1S/C15H9FN4O3S/c16-11-3-1-9(2-4-11)14-18-20(15(21)22-14)7-12-17-13(19-23-12)10-5-6-24-8-10/h1-6,8H,7H2. The van der Waals surface area contributed by atoms with Crippen molar-refractivity contribution in [1.82, 2.24) is 19.9 Å². The highest BCUT2D eigenvalue weighted by Crippen LogP contribution is 2.19. The average Bonchev–Trinajstić information content (AvgIpc) is 3.30. The quantitative estimate of drug-likeness (QED) is 0.566. The second kappa shape index (κ2) is 5.85. The van der Waals surface area contributed by atoms with Crippen LogP contribution in [0.25, 0.3) is 22.8 Å². The van der Waals surface area contributed by atoms with Crippen molar-refractivity contribution in [2.45, 2.75) is 6.54 Å². The van der Waals surface area contributed by atoms with Gasteiger partial charge < -0.3 is 8.94 Å². The van der Waals surface area contributed by atoms with Crippen LogP contribution in [0.15, 0.2) is 54.8 Å². The molecule has 3 aromatic heterocycles. The van der Waals surface area contributed by atoms with Gasteiger partial charge in [0, 0.05) is 16.5 Å². The van der Waals surface area contributed by atoms with Gasteiger partial charge in [-0.15, -0.1) is 5.10 Å². The summed E-state index contributed by atoms with van der Waals surface area (Å²) in [5, 5.41) is 11.7. The summed E-state index contributed by atoms with van der Waals surface area (Å²) in [4.78, 5) is 16.1. The lowest BCUT2D eigenvalue weighted by Gasteiger charge is -1.93. The summed E-state index contributed by atoms with van der Waals surface area (Å²) >= 11 is 1.52. The van der Waals surface area contributed by atoms with Gasteiger partial charge in [0.25, 0.3) is 0 Å². The molecule has 0 aliphatic heterocycles. The van der Waals surface area contributed by atoms with Crippen LogP contribution in [0, 0.1) is 5.82 Å². The summed E-state index contributed by atoms with van der Waals surface area (Å²) < 4.78 is 24.2. The zero-order valence-corrected chi connectivity index (χ0v) is 12.9. The van der Waals surface area contributed by atoms with Crippen molar-refractivity contribution in [3.05, 3.63) is 63.4 Å². The molecular formula is C15H9FN4O3S. The molecule has 0 fully saturated rings. The van der Waals surface area contributed by atoms with Crippen LogP contribution in [0.4, 0.5) is 4.39 Å². The van der Waals surface area contributed by atoms with E-state index in [1.807, 2.05) is 16.8 Å². The van der Waals surface area contributed by atoms with Crippen LogP contribution in [0.5, 0.6) is 0 Å². The Morgan fingerprint density at radius 1 is 1.17 bits per heavy atom. The zero-order valence-electron chi connectivity index (χ0n) is 12.0. The molecule has 0 spiro atoms. The van der Waals surface area contributed by atoms with Crippen molar-refractivity contribution >= 4 is 11.3 Å². The van der Waals surface area contributed by atoms with Gasteiger partial charge in [0.1, 0.15) is 12.4 Å². The summed E-state index contributed by atoms with van der Waals surface area (Å²) in [7, 11) is 0. The Labute approximate surface area is 138 Å². The number of benzene rings is 1. The van der Waals surface area contributed by atoms with Gasteiger partial charge >= 0.3 is 5.76 Å². The molecule has 4 aromatic rings. The number of halogens is 1. The van der Waals surface area contributed by atoms with Crippen LogP contribution in [0.2, 0.25) is 0 Å². The summed E-state index contributed by atoms with van der Waals surface area (Å²) in [5.41, 5.74) is 1.34. The van der Waals surface area contributed by atoms with Gasteiger partial charge in [0.05, 0.1) is 0 Å². The predicted molar refractivity (Wildman–Crippen MR) is 82.9 cm³/mol. The van der Waals surface area contributed by atoms with Gasteiger partial charge in [0.2, 0.25) is 17.6 Å². The van der Waals surface area contributed by atoms with E-state index < -0.39 is 5.76 Å². The molecule has 0 saturated carbocycles. The lowest BCUT2D eigenvalue weighted by Crippen LogP contribution is -2.16. The van der Waals surface area contributed by atoms with Crippen LogP contribution in [-0.4, -0.2) is 19.9 Å². The topological polar surface area (TPSA) is 87.0 Å².